The van der Waals surface area contributed by atoms with Crippen molar-refractivity contribution in [3.8, 4) is 11.3 Å². The maximum absolute atomic E-state index is 12.7. The maximum Gasteiger partial charge on any atom is 0.256 e. The molecule has 1 aromatic carbocycles. The zero-order chi connectivity index (χ0) is 23.7. The van der Waals surface area contributed by atoms with Gasteiger partial charge in [0.1, 0.15) is 11.5 Å². The number of hydrogen-bond acceptors (Lipinski definition) is 5. The standard InChI is InChI=1S/C26H25ClN4O3/c1-2-31-9-3-4-19(31)15-29-25(32)17-10-16(13-28-14-17)24-8-6-20(34-24)12-22-21-11-18(27)5-7-23(21)30-26(22)33/h5-8,10-14,19H,2-4,9,15H2,1H3,(H,29,32)(H,30,33). The van der Waals surface area contributed by atoms with Crippen molar-refractivity contribution >= 4 is 40.8 Å². The third-order valence-electron chi connectivity index (χ3n) is 6.37. The van der Waals surface area contributed by atoms with Gasteiger partial charge in [-0.25, -0.2) is 0 Å². The lowest BCUT2D eigenvalue weighted by atomic mass is 10.1. The van der Waals surface area contributed by atoms with Crippen LogP contribution in [0.5, 0.6) is 0 Å². The minimum atomic E-state index is -0.209. The van der Waals surface area contributed by atoms with Crippen molar-refractivity contribution in [2.45, 2.75) is 25.8 Å². The summed E-state index contributed by atoms with van der Waals surface area (Å²) in [7, 11) is 0. The summed E-state index contributed by atoms with van der Waals surface area (Å²) in [6.45, 7) is 4.86. The van der Waals surface area contributed by atoms with E-state index in [2.05, 4.69) is 27.4 Å². The van der Waals surface area contributed by atoms with Crippen molar-refractivity contribution < 1.29 is 14.0 Å². The summed E-state index contributed by atoms with van der Waals surface area (Å²) in [5.41, 5.74) is 3.11. The number of hydrogen-bond donors (Lipinski definition) is 2. The van der Waals surface area contributed by atoms with E-state index >= 15 is 0 Å². The average Bonchev–Trinajstić information content (AvgIpc) is 3.57. The Morgan fingerprint density at radius 1 is 1.29 bits per heavy atom. The highest BCUT2D eigenvalue weighted by Crippen LogP contribution is 2.35. The third kappa shape index (κ3) is 4.49. The summed E-state index contributed by atoms with van der Waals surface area (Å²) in [4.78, 5) is 31.8. The molecule has 3 aromatic rings. The van der Waals surface area contributed by atoms with Crippen LogP contribution in [0.15, 0.2) is 53.2 Å². The fourth-order valence-corrected chi connectivity index (χ4v) is 4.76. The summed E-state index contributed by atoms with van der Waals surface area (Å²) >= 11 is 6.11. The molecule has 1 saturated heterocycles. The second-order valence-electron chi connectivity index (χ2n) is 8.50. The van der Waals surface area contributed by atoms with Crippen molar-refractivity contribution in [3.05, 3.63) is 70.7 Å². The number of amides is 2. The van der Waals surface area contributed by atoms with Gasteiger partial charge in [0.2, 0.25) is 0 Å². The Hall–Kier alpha value is -3.42. The molecule has 5 rings (SSSR count). The van der Waals surface area contributed by atoms with Crippen molar-refractivity contribution in [2.75, 3.05) is 25.0 Å². The number of likely N-dealkylation sites (tertiary alicyclic amines) is 1. The van der Waals surface area contributed by atoms with Crippen molar-refractivity contribution in [1.29, 1.82) is 0 Å². The quantitative estimate of drug-likeness (QED) is 0.503. The number of halogens is 1. The number of nitrogens with zero attached hydrogens (tertiary/aromatic N) is 2. The maximum atomic E-state index is 12.7. The largest absolute Gasteiger partial charge is 0.457 e. The molecule has 34 heavy (non-hydrogen) atoms. The van der Waals surface area contributed by atoms with Gasteiger partial charge in [-0.2, -0.15) is 0 Å². The van der Waals surface area contributed by atoms with Gasteiger partial charge < -0.3 is 15.1 Å². The van der Waals surface area contributed by atoms with Crippen LogP contribution in [0.25, 0.3) is 23.0 Å². The van der Waals surface area contributed by atoms with Crippen LogP contribution in [0.4, 0.5) is 5.69 Å². The molecule has 0 aliphatic carbocycles. The number of carbonyl (C=O) groups excluding carboxylic acids is 2. The highest BCUT2D eigenvalue weighted by atomic mass is 35.5. The lowest BCUT2D eigenvalue weighted by Gasteiger charge is -2.22. The average molecular weight is 477 g/mol. The van der Waals surface area contributed by atoms with Gasteiger partial charge >= 0.3 is 0 Å². The molecule has 0 spiro atoms. The first-order chi connectivity index (χ1) is 16.5. The molecule has 2 aromatic heterocycles. The number of carbonyl (C=O) groups is 2. The molecule has 2 amide bonds. The van der Waals surface area contributed by atoms with Crippen LogP contribution in [0.3, 0.4) is 0 Å². The number of likely N-dealkylation sites (N-methyl/N-ethyl adjacent to an activating group) is 1. The van der Waals surface area contributed by atoms with Crippen LogP contribution in [-0.4, -0.2) is 47.4 Å². The molecule has 2 aliphatic rings. The Bertz CT molecular complexity index is 1280. The molecular weight excluding hydrogens is 452 g/mol. The Morgan fingerprint density at radius 3 is 3.03 bits per heavy atom. The summed E-state index contributed by atoms with van der Waals surface area (Å²) in [5, 5.41) is 6.42. The summed E-state index contributed by atoms with van der Waals surface area (Å²) < 4.78 is 5.96. The van der Waals surface area contributed by atoms with Crippen LogP contribution in [-0.2, 0) is 4.79 Å². The Morgan fingerprint density at radius 2 is 2.18 bits per heavy atom. The molecule has 1 atom stereocenters. The lowest BCUT2D eigenvalue weighted by molar-refractivity contribution is -0.110. The monoisotopic (exact) mass is 476 g/mol. The molecule has 1 unspecified atom stereocenters. The second kappa shape index (κ2) is 9.44. The molecule has 7 nitrogen and oxygen atoms in total. The Labute approximate surface area is 202 Å². The predicted molar refractivity (Wildman–Crippen MR) is 132 cm³/mol. The molecule has 0 bridgehead atoms. The van der Waals surface area contributed by atoms with Gasteiger partial charge in [-0.1, -0.05) is 18.5 Å². The molecule has 1 fully saturated rings. The molecule has 2 N–H and O–H groups in total. The van der Waals surface area contributed by atoms with E-state index in [0.29, 0.717) is 45.8 Å². The molecule has 4 heterocycles. The van der Waals surface area contributed by atoms with Crippen LogP contribution in [0.1, 0.15) is 41.4 Å². The first kappa shape index (κ1) is 22.4. The summed E-state index contributed by atoms with van der Waals surface area (Å²) in [6, 6.07) is 11.0. The highest BCUT2D eigenvalue weighted by molar-refractivity contribution is 6.36. The van der Waals surface area contributed by atoms with E-state index in [1.54, 1.807) is 54.9 Å². The zero-order valence-corrected chi connectivity index (χ0v) is 19.6. The van der Waals surface area contributed by atoms with Gasteiger partial charge in [-0.15, -0.1) is 0 Å². The Balaban J connectivity index is 1.32. The number of aromatic nitrogens is 1. The number of fused-ring (bicyclic) bond motifs is 1. The SMILES string of the molecule is CCN1CCCC1CNC(=O)c1cncc(-c2ccc(C=C3C(=O)Nc4ccc(Cl)cc43)o2)c1. The van der Waals surface area contributed by atoms with E-state index < -0.39 is 0 Å². The van der Waals surface area contributed by atoms with E-state index in [0.717, 1.165) is 30.8 Å². The van der Waals surface area contributed by atoms with Gasteiger partial charge in [-0.3, -0.25) is 19.5 Å². The van der Waals surface area contributed by atoms with E-state index in [1.807, 2.05) is 0 Å². The summed E-state index contributed by atoms with van der Waals surface area (Å²) in [5.74, 6) is 0.720. The molecule has 174 valence electrons. The normalized spacial score (nSPS) is 18.8. The van der Waals surface area contributed by atoms with Gasteiger partial charge in [0.15, 0.2) is 0 Å². The van der Waals surface area contributed by atoms with E-state index in [4.69, 9.17) is 16.0 Å². The van der Waals surface area contributed by atoms with Gasteiger partial charge in [-0.05, 0) is 68.4 Å². The van der Waals surface area contributed by atoms with E-state index in [-0.39, 0.29) is 11.8 Å². The summed E-state index contributed by atoms with van der Waals surface area (Å²) in [6.07, 6.45) is 7.17. The number of nitrogens with one attached hydrogen (secondary N) is 2. The van der Waals surface area contributed by atoms with Crippen molar-refractivity contribution in [2.24, 2.45) is 0 Å². The second-order valence-corrected chi connectivity index (χ2v) is 8.94. The van der Waals surface area contributed by atoms with Crippen LogP contribution >= 0.6 is 11.6 Å². The number of furan rings is 1. The first-order valence-corrected chi connectivity index (χ1v) is 11.8. The smallest absolute Gasteiger partial charge is 0.256 e. The zero-order valence-electron chi connectivity index (χ0n) is 18.8. The van der Waals surface area contributed by atoms with Gasteiger partial charge in [0, 0.05) is 46.8 Å². The van der Waals surface area contributed by atoms with Crippen LogP contribution in [0, 0.1) is 0 Å². The van der Waals surface area contributed by atoms with Crippen molar-refractivity contribution in [3.63, 3.8) is 0 Å². The number of pyridine rings is 1. The third-order valence-corrected chi connectivity index (χ3v) is 6.60. The van der Waals surface area contributed by atoms with Crippen LogP contribution in [0.2, 0.25) is 5.02 Å². The molecule has 0 saturated carbocycles. The molecule has 8 heteroatoms. The minimum Gasteiger partial charge on any atom is -0.457 e. The highest BCUT2D eigenvalue weighted by Gasteiger charge is 2.25. The fourth-order valence-electron chi connectivity index (χ4n) is 4.59. The lowest BCUT2D eigenvalue weighted by Crippen LogP contribution is -2.40. The number of benzene rings is 1. The van der Waals surface area contributed by atoms with Crippen LogP contribution < -0.4 is 10.6 Å². The first-order valence-electron chi connectivity index (χ1n) is 11.4. The van der Waals surface area contributed by atoms with Gasteiger partial charge in [0.05, 0.1) is 11.1 Å². The topological polar surface area (TPSA) is 87.5 Å². The number of anilines is 1. The molecule has 2 aliphatic heterocycles. The van der Waals surface area contributed by atoms with Crippen molar-refractivity contribution in [1.82, 2.24) is 15.2 Å². The minimum absolute atomic E-state index is 0.151. The Kier molecular flexibility index (Phi) is 6.22. The van der Waals surface area contributed by atoms with E-state index in [1.165, 1.54) is 6.42 Å². The van der Waals surface area contributed by atoms with Gasteiger partial charge in [0.25, 0.3) is 11.8 Å². The predicted octanol–water partition coefficient (Wildman–Crippen LogP) is 4.70. The van der Waals surface area contributed by atoms with E-state index in [9.17, 15) is 9.59 Å². The fraction of sp³-hybridized carbons (Fsp3) is 0.269. The number of rotatable bonds is 6. The molecule has 0 radical (unpaired) electrons. The molecular formula is C26H25ClN4O3.